The summed E-state index contributed by atoms with van der Waals surface area (Å²) in [5.74, 6) is -0.307. The number of carbonyl (C=O) groups is 2. The van der Waals surface area contributed by atoms with Crippen molar-refractivity contribution >= 4 is 35.9 Å². The van der Waals surface area contributed by atoms with Gasteiger partial charge in [0.2, 0.25) is 0 Å². The second kappa shape index (κ2) is 8.06. The highest BCUT2D eigenvalue weighted by Crippen LogP contribution is 2.30. The van der Waals surface area contributed by atoms with E-state index < -0.39 is 6.04 Å². The molecule has 2 N–H and O–H groups in total. The number of benzene rings is 1. The van der Waals surface area contributed by atoms with Crippen molar-refractivity contribution in [2.45, 2.75) is 43.4 Å². The van der Waals surface area contributed by atoms with Crippen LogP contribution < -0.4 is 10.8 Å². The molecule has 1 aromatic carbocycles. The highest BCUT2D eigenvalue weighted by Gasteiger charge is 2.48. The molecule has 3 aliphatic rings. The number of carbonyl (C=O) groups excluding carboxylic acids is 2. The van der Waals surface area contributed by atoms with Gasteiger partial charge in [0.05, 0.1) is 30.0 Å². The second-order valence-electron chi connectivity index (χ2n) is 8.00. The van der Waals surface area contributed by atoms with Crippen molar-refractivity contribution in [2.75, 3.05) is 19.7 Å². The van der Waals surface area contributed by atoms with Gasteiger partial charge in [-0.05, 0) is 31.4 Å². The van der Waals surface area contributed by atoms with E-state index in [1.54, 1.807) is 0 Å². The van der Waals surface area contributed by atoms with Crippen molar-refractivity contribution in [1.82, 2.24) is 30.3 Å². The number of rotatable bonds is 6. The van der Waals surface area contributed by atoms with E-state index >= 15 is 0 Å². The summed E-state index contributed by atoms with van der Waals surface area (Å²) in [5, 5.41) is 4.66. The molecule has 0 radical (unpaired) electrons. The third kappa shape index (κ3) is 3.41. The summed E-state index contributed by atoms with van der Waals surface area (Å²) in [4.78, 5) is 36.3. The lowest BCUT2D eigenvalue weighted by molar-refractivity contribution is -0.139. The van der Waals surface area contributed by atoms with Crippen molar-refractivity contribution in [3.63, 3.8) is 0 Å². The van der Waals surface area contributed by atoms with Crippen LogP contribution in [0.15, 0.2) is 30.6 Å². The van der Waals surface area contributed by atoms with Crippen LogP contribution in [0.2, 0.25) is 0 Å². The lowest BCUT2D eigenvalue weighted by atomic mass is 10.0. The highest BCUT2D eigenvalue weighted by atomic mass is 32.1. The summed E-state index contributed by atoms with van der Waals surface area (Å²) < 4.78 is 7.03. The molecular formula is C19H24N6O4S. The maximum Gasteiger partial charge on any atom is 0.345 e. The Morgan fingerprint density at radius 3 is 3.03 bits per heavy atom. The molecule has 3 fully saturated rings. The molecule has 1 aromatic heterocycles. The molecule has 10 nitrogen and oxygen atoms in total. The number of aromatic nitrogens is 2. The molecule has 0 saturated carbocycles. The van der Waals surface area contributed by atoms with E-state index in [1.807, 2.05) is 24.5 Å². The maximum absolute atomic E-state index is 12.6. The Balaban J connectivity index is 1.12. The lowest BCUT2D eigenvalue weighted by Crippen LogP contribution is -2.50. The van der Waals surface area contributed by atoms with E-state index in [4.69, 9.17) is 9.12 Å². The van der Waals surface area contributed by atoms with Crippen molar-refractivity contribution < 1.29 is 18.7 Å². The fourth-order valence-electron chi connectivity index (χ4n) is 4.70. The van der Waals surface area contributed by atoms with Gasteiger partial charge in [-0.25, -0.2) is 19.5 Å². The predicted molar refractivity (Wildman–Crippen MR) is 110 cm³/mol. The number of amides is 3. The Bertz CT molecular complexity index is 954. The molecule has 11 heteroatoms. The van der Waals surface area contributed by atoms with Crippen LogP contribution in [-0.2, 0) is 13.9 Å². The SMILES string of the molecule is O=C(NOC[C@@H]1C[C@H](n2cnc3ccccc32)CN1)C1CCC2CN1C(=O)N2OS. The van der Waals surface area contributed by atoms with E-state index in [-0.39, 0.29) is 30.1 Å². The number of imidazole rings is 1. The van der Waals surface area contributed by atoms with E-state index in [0.29, 0.717) is 26.0 Å². The molecule has 0 spiro atoms. The van der Waals surface area contributed by atoms with Crippen molar-refractivity contribution in [3.8, 4) is 0 Å². The van der Waals surface area contributed by atoms with Gasteiger partial charge >= 0.3 is 6.03 Å². The van der Waals surface area contributed by atoms with E-state index in [1.165, 1.54) is 9.96 Å². The summed E-state index contributed by atoms with van der Waals surface area (Å²) in [6.45, 7) is 1.63. The quantitative estimate of drug-likeness (QED) is 0.358. The van der Waals surface area contributed by atoms with E-state index in [0.717, 1.165) is 24.0 Å². The molecule has 4 heterocycles. The Hall–Kier alpha value is -2.34. The zero-order chi connectivity index (χ0) is 20.7. The minimum atomic E-state index is -0.552. The first kappa shape index (κ1) is 19.6. The van der Waals surface area contributed by atoms with Crippen molar-refractivity contribution in [3.05, 3.63) is 30.6 Å². The normalized spacial score (nSPS) is 28.5. The molecule has 3 aliphatic heterocycles. The van der Waals surface area contributed by atoms with Crippen LogP contribution in [0.25, 0.3) is 11.0 Å². The number of nitrogens with one attached hydrogen (secondary N) is 2. The molecule has 0 aliphatic carbocycles. The fraction of sp³-hybridized carbons (Fsp3) is 0.526. The van der Waals surface area contributed by atoms with Crippen molar-refractivity contribution in [2.24, 2.45) is 0 Å². The number of nitrogens with zero attached hydrogens (tertiary/aromatic N) is 4. The number of thiol groups is 1. The van der Waals surface area contributed by atoms with Crippen LogP contribution in [0.4, 0.5) is 4.79 Å². The number of hydrogen-bond acceptors (Lipinski definition) is 7. The molecule has 4 atom stereocenters. The summed E-state index contributed by atoms with van der Waals surface area (Å²) in [7, 11) is 0. The van der Waals surface area contributed by atoms with Crippen LogP contribution in [0.3, 0.4) is 0 Å². The Kier molecular flexibility index (Phi) is 5.27. The van der Waals surface area contributed by atoms with Gasteiger partial charge in [-0.2, -0.15) is 5.06 Å². The first-order chi connectivity index (χ1) is 14.7. The van der Waals surface area contributed by atoms with Gasteiger partial charge in [0.25, 0.3) is 5.91 Å². The monoisotopic (exact) mass is 432 g/mol. The van der Waals surface area contributed by atoms with Crippen LogP contribution in [0.1, 0.15) is 25.3 Å². The smallest absolute Gasteiger partial charge is 0.326 e. The maximum atomic E-state index is 12.6. The molecule has 3 amide bonds. The van der Waals surface area contributed by atoms with Crippen LogP contribution in [0, 0.1) is 0 Å². The van der Waals surface area contributed by atoms with Gasteiger partial charge in [0.1, 0.15) is 6.04 Å². The number of urea groups is 1. The standard InChI is InChI=1S/C19H24N6O4S/c26-18(17-6-5-13-9-23(17)19(27)25(13)29-30)22-28-10-12-7-14(8-20-12)24-11-21-15-3-1-2-4-16(15)24/h1-4,11-14,17,20,30H,5-10H2,(H,22,26)/t12-,13?,14-,17?/m0/s1. The zero-order valence-electron chi connectivity index (χ0n) is 16.3. The summed E-state index contributed by atoms with van der Waals surface area (Å²) in [6.07, 6.45) is 4.01. The van der Waals surface area contributed by atoms with E-state index in [9.17, 15) is 9.59 Å². The fourth-order valence-corrected chi connectivity index (χ4v) is 4.90. The number of piperidine rings is 1. The number of para-hydroxylation sites is 2. The molecule has 2 unspecified atom stereocenters. The number of fused-ring (bicyclic) bond motifs is 3. The summed E-state index contributed by atoms with van der Waals surface area (Å²) in [5.41, 5.74) is 4.62. The summed E-state index contributed by atoms with van der Waals surface area (Å²) >= 11 is 3.73. The molecule has 3 saturated heterocycles. The molecule has 5 rings (SSSR count). The molecule has 160 valence electrons. The largest absolute Gasteiger partial charge is 0.345 e. The minimum absolute atomic E-state index is 0.0566. The first-order valence-corrected chi connectivity index (χ1v) is 10.5. The molecule has 30 heavy (non-hydrogen) atoms. The number of hydroxylamine groups is 3. The number of hydrogen-bond donors (Lipinski definition) is 3. The van der Waals surface area contributed by atoms with E-state index in [2.05, 4.69) is 39.3 Å². The lowest BCUT2D eigenvalue weighted by Gasteiger charge is -2.29. The van der Waals surface area contributed by atoms with Gasteiger partial charge in [0.15, 0.2) is 0 Å². The van der Waals surface area contributed by atoms with Gasteiger partial charge < -0.3 is 14.8 Å². The average molecular weight is 433 g/mol. The minimum Gasteiger partial charge on any atom is -0.326 e. The van der Waals surface area contributed by atoms with Gasteiger partial charge in [-0.15, -0.1) is 0 Å². The Labute approximate surface area is 179 Å². The summed E-state index contributed by atoms with van der Waals surface area (Å²) in [6, 6.07) is 7.53. The van der Waals surface area contributed by atoms with Crippen LogP contribution >= 0.6 is 12.9 Å². The first-order valence-electron chi connectivity index (χ1n) is 10.1. The third-order valence-electron chi connectivity index (χ3n) is 6.24. The van der Waals surface area contributed by atoms with Gasteiger partial charge in [-0.1, -0.05) is 12.1 Å². The average Bonchev–Trinajstić information content (AvgIpc) is 3.45. The third-order valence-corrected chi connectivity index (χ3v) is 6.42. The van der Waals surface area contributed by atoms with Gasteiger partial charge in [0, 0.05) is 38.1 Å². The molecular weight excluding hydrogens is 408 g/mol. The Morgan fingerprint density at radius 1 is 1.30 bits per heavy atom. The zero-order valence-corrected chi connectivity index (χ0v) is 17.2. The predicted octanol–water partition coefficient (Wildman–Crippen LogP) is 1.03. The van der Waals surface area contributed by atoms with Crippen LogP contribution in [0.5, 0.6) is 0 Å². The topological polar surface area (TPSA) is 101 Å². The second-order valence-corrected chi connectivity index (χ2v) is 8.17. The van der Waals surface area contributed by atoms with Crippen LogP contribution in [-0.4, -0.2) is 69.3 Å². The van der Waals surface area contributed by atoms with Gasteiger partial charge in [-0.3, -0.25) is 9.63 Å². The molecule has 2 aromatic rings. The molecule has 2 bridgehead atoms. The van der Waals surface area contributed by atoms with Crippen molar-refractivity contribution in [1.29, 1.82) is 0 Å². The Morgan fingerprint density at radius 2 is 2.17 bits per heavy atom. The highest BCUT2D eigenvalue weighted by molar-refractivity contribution is 7.75.